The third kappa shape index (κ3) is 3.19. The first-order chi connectivity index (χ1) is 11.6. The van der Waals surface area contributed by atoms with Gasteiger partial charge in [0.1, 0.15) is 6.10 Å². The SMILES string of the molecule is Cc1ccc([C@@H](O)c2ccc(-c3ccccc3)cc2)cc1[N+](=O)[O-]. The Labute approximate surface area is 140 Å². The molecule has 3 aromatic rings. The minimum Gasteiger partial charge on any atom is -0.384 e. The van der Waals surface area contributed by atoms with Crippen LogP contribution in [0.2, 0.25) is 0 Å². The molecule has 120 valence electrons. The summed E-state index contributed by atoms with van der Waals surface area (Å²) in [6.07, 6.45) is -0.894. The van der Waals surface area contributed by atoms with E-state index in [9.17, 15) is 15.2 Å². The first-order valence-electron chi connectivity index (χ1n) is 7.64. The zero-order valence-electron chi connectivity index (χ0n) is 13.2. The third-order valence-corrected chi connectivity index (χ3v) is 4.08. The molecular formula is C20H17NO3. The van der Waals surface area contributed by atoms with E-state index < -0.39 is 11.0 Å². The number of aliphatic hydroxyl groups is 1. The van der Waals surface area contributed by atoms with E-state index >= 15 is 0 Å². The molecule has 24 heavy (non-hydrogen) atoms. The smallest absolute Gasteiger partial charge is 0.272 e. The summed E-state index contributed by atoms with van der Waals surface area (Å²) >= 11 is 0. The van der Waals surface area contributed by atoms with Gasteiger partial charge in [0.2, 0.25) is 0 Å². The summed E-state index contributed by atoms with van der Waals surface area (Å²) in [6.45, 7) is 1.68. The minimum absolute atomic E-state index is 0.0208. The van der Waals surface area contributed by atoms with Gasteiger partial charge in [0.15, 0.2) is 0 Å². The average molecular weight is 319 g/mol. The van der Waals surface area contributed by atoms with Gasteiger partial charge in [0, 0.05) is 11.6 Å². The number of rotatable bonds is 4. The second-order valence-electron chi connectivity index (χ2n) is 5.69. The highest BCUT2D eigenvalue weighted by Gasteiger charge is 2.16. The van der Waals surface area contributed by atoms with Crippen molar-refractivity contribution in [1.82, 2.24) is 0 Å². The molecule has 3 rings (SSSR count). The van der Waals surface area contributed by atoms with Crippen LogP contribution in [0.5, 0.6) is 0 Å². The van der Waals surface area contributed by atoms with E-state index in [-0.39, 0.29) is 5.69 Å². The van der Waals surface area contributed by atoms with E-state index in [0.717, 1.165) is 11.1 Å². The molecule has 0 aliphatic heterocycles. The van der Waals surface area contributed by atoms with Crippen LogP contribution in [0.15, 0.2) is 72.8 Å². The summed E-state index contributed by atoms with van der Waals surface area (Å²) in [4.78, 5) is 10.6. The van der Waals surface area contributed by atoms with Gasteiger partial charge in [-0.2, -0.15) is 0 Å². The van der Waals surface area contributed by atoms with Crippen LogP contribution in [0.1, 0.15) is 22.8 Å². The predicted molar refractivity (Wildman–Crippen MR) is 93.8 cm³/mol. The average Bonchev–Trinajstić information content (AvgIpc) is 2.62. The molecule has 0 saturated carbocycles. The molecule has 0 spiro atoms. The second kappa shape index (κ2) is 6.64. The minimum atomic E-state index is -0.894. The predicted octanol–water partition coefficient (Wildman–Crippen LogP) is 4.65. The van der Waals surface area contributed by atoms with Gasteiger partial charge < -0.3 is 5.11 Å². The van der Waals surface area contributed by atoms with Gasteiger partial charge in [-0.1, -0.05) is 66.7 Å². The van der Waals surface area contributed by atoms with E-state index in [1.165, 1.54) is 6.07 Å². The molecule has 0 bridgehead atoms. The van der Waals surface area contributed by atoms with Crippen molar-refractivity contribution in [3.05, 3.63) is 99.6 Å². The first kappa shape index (κ1) is 15.9. The Morgan fingerprint density at radius 2 is 1.46 bits per heavy atom. The molecule has 0 aliphatic carbocycles. The molecule has 0 saturated heterocycles. The molecule has 1 N–H and O–H groups in total. The lowest BCUT2D eigenvalue weighted by atomic mass is 9.97. The summed E-state index contributed by atoms with van der Waals surface area (Å²) in [5.41, 5.74) is 3.97. The zero-order chi connectivity index (χ0) is 17.1. The van der Waals surface area contributed by atoms with Crippen LogP contribution in [0.4, 0.5) is 5.69 Å². The number of aliphatic hydroxyl groups excluding tert-OH is 1. The van der Waals surface area contributed by atoms with Crippen molar-refractivity contribution in [3.63, 3.8) is 0 Å². The number of nitrogens with zero attached hydrogens (tertiary/aromatic N) is 1. The molecule has 0 heterocycles. The highest BCUT2D eigenvalue weighted by atomic mass is 16.6. The largest absolute Gasteiger partial charge is 0.384 e. The summed E-state index contributed by atoms with van der Waals surface area (Å²) in [5.74, 6) is 0. The summed E-state index contributed by atoms with van der Waals surface area (Å²) in [5, 5.41) is 21.6. The fourth-order valence-electron chi connectivity index (χ4n) is 2.67. The molecule has 4 heteroatoms. The zero-order valence-corrected chi connectivity index (χ0v) is 13.2. The van der Waals surface area contributed by atoms with Crippen LogP contribution in [-0.2, 0) is 0 Å². The van der Waals surface area contributed by atoms with Crippen LogP contribution in [0, 0.1) is 17.0 Å². The Bertz CT molecular complexity index is 858. The lowest BCUT2D eigenvalue weighted by molar-refractivity contribution is -0.385. The molecular weight excluding hydrogens is 302 g/mol. The maximum absolute atomic E-state index is 11.1. The molecule has 0 unspecified atom stereocenters. The van der Waals surface area contributed by atoms with Crippen molar-refractivity contribution in [2.24, 2.45) is 0 Å². The van der Waals surface area contributed by atoms with Crippen LogP contribution in [0.3, 0.4) is 0 Å². The van der Waals surface area contributed by atoms with Crippen LogP contribution in [0.25, 0.3) is 11.1 Å². The summed E-state index contributed by atoms with van der Waals surface area (Å²) < 4.78 is 0. The van der Waals surface area contributed by atoms with Crippen LogP contribution >= 0.6 is 0 Å². The van der Waals surface area contributed by atoms with E-state index in [1.807, 2.05) is 54.6 Å². The fraction of sp³-hybridized carbons (Fsp3) is 0.100. The quantitative estimate of drug-likeness (QED) is 0.562. The standard InChI is InChI=1S/C20H17NO3/c1-14-7-8-18(13-19(14)21(23)24)20(22)17-11-9-16(10-12-17)15-5-3-2-4-6-15/h2-13,20,22H,1H3/t20-/m0/s1. The monoisotopic (exact) mass is 319 g/mol. The Kier molecular flexibility index (Phi) is 4.40. The summed E-state index contributed by atoms with van der Waals surface area (Å²) in [7, 11) is 0. The fourth-order valence-corrected chi connectivity index (χ4v) is 2.67. The van der Waals surface area contributed by atoms with Gasteiger partial charge in [-0.05, 0) is 29.2 Å². The molecule has 0 radical (unpaired) electrons. The molecule has 0 amide bonds. The first-order valence-corrected chi connectivity index (χ1v) is 7.64. The molecule has 0 fully saturated rings. The lowest BCUT2D eigenvalue weighted by Gasteiger charge is -2.13. The Hall–Kier alpha value is -2.98. The number of nitro groups is 1. The van der Waals surface area contributed by atoms with Gasteiger partial charge >= 0.3 is 0 Å². The number of benzene rings is 3. The Morgan fingerprint density at radius 1 is 0.875 bits per heavy atom. The summed E-state index contributed by atoms with van der Waals surface area (Å²) in [6, 6.07) is 22.4. The van der Waals surface area contributed by atoms with E-state index in [4.69, 9.17) is 0 Å². The molecule has 0 aliphatic rings. The number of aryl methyl sites for hydroxylation is 1. The molecule has 0 aromatic heterocycles. The van der Waals surface area contributed by atoms with Crippen molar-refractivity contribution in [3.8, 4) is 11.1 Å². The maximum Gasteiger partial charge on any atom is 0.272 e. The van der Waals surface area contributed by atoms with Crippen molar-refractivity contribution in [1.29, 1.82) is 0 Å². The number of nitro benzene ring substituents is 1. The van der Waals surface area contributed by atoms with Crippen molar-refractivity contribution in [2.45, 2.75) is 13.0 Å². The van der Waals surface area contributed by atoms with Crippen molar-refractivity contribution >= 4 is 5.69 Å². The van der Waals surface area contributed by atoms with Gasteiger partial charge in [0.05, 0.1) is 4.92 Å². The van der Waals surface area contributed by atoms with Gasteiger partial charge in [0.25, 0.3) is 5.69 Å². The molecule has 4 nitrogen and oxygen atoms in total. The van der Waals surface area contributed by atoms with Crippen LogP contribution in [-0.4, -0.2) is 10.0 Å². The molecule has 1 atom stereocenters. The number of hydrogen-bond acceptors (Lipinski definition) is 3. The Balaban J connectivity index is 1.89. The van der Waals surface area contributed by atoms with Gasteiger partial charge in [-0.25, -0.2) is 0 Å². The Morgan fingerprint density at radius 3 is 2.08 bits per heavy atom. The van der Waals surface area contributed by atoms with E-state index in [1.54, 1.807) is 19.1 Å². The van der Waals surface area contributed by atoms with Gasteiger partial charge in [-0.15, -0.1) is 0 Å². The third-order valence-electron chi connectivity index (χ3n) is 4.08. The molecule has 3 aromatic carbocycles. The van der Waals surface area contributed by atoms with Crippen LogP contribution < -0.4 is 0 Å². The van der Waals surface area contributed by atoms with E-state index in [0.29, 0.717) is 16.7 Å². The van der Waals surface area contributed by atoms with Gasteiger partial charge in [-0.3, -0.25) is 10.1 Å². The van der Waals surface area contributed by atoms with Crippen molar-refractivity contribution < 1.29 is 10.0 Å². The second-order valence-corrected chi connectivity index (χ2v) is 5.69. The highest BCUT2D eigenvalue weighted by Crippen LogP contribution is 2.29. The maximum atomic E-state index is 11.1. The lowest BCUT2D eigenvalue weighted by Crippen LogP contribution is -2.01. The van der Waals surface area contributed by atoms with Crippen molar-refractivity contribution in [2.75, 3.05) is 0 Å². The normalized spacial score (nSPS) is 11.9. The highest BCUT2D eigenvalue weighted by molar-refractivity contribution is 5.63. The topological polar surface area (TPSA) is 63.4 Å². The van der Waals surface area contributed by atoms with E-state index in [2.05, 4.69) is 0 Å². The number of hydrogen-bond donors (Lipinski definition) is 1.